The second-order valence-electron chi connectivity index (χ2n) is 3.46. The van der Waals surface area contributed by atoms with Crippen LogP contribution < -0.4 is 5.32 Å². The molecule has 0 saturated carbocycles. The number of halogens is 2. The fraction of sp³-hybridized carbons (Fsp3) is 0. The Morgan fingerprint density at radius 2 is 2.11 bits per heavy atom. The molecule has 0 unspecified atom stereocenters. The summed E-state index contributed by atoms with van der Waals surface area (Å²) in [6.45, 7) is 0. The Morgan fingerprint density at radius 3 is 2.68 bits per heavy atom. The van der Waals surface area contributed by atoms with Crippen LogP contribution in [-0.2, 0) is 0 Å². The van der Waals surface area contributed by atoms with Crippen molar-refractivity contribution in [3.8, 4) is 0 Å². The van der Waals surface area contributed by atoms with Crippen molar-refractivity contribution in [1.29, 1.82) is 0 Å². The second-order valence-corrected chi connectivity index (χ2v) is 4.73. The van der Waals surface area contributed by atoms with Gasteiger partial charge in [-0.2, -0.15) is 0 Å². The number of carboxylic acid groups (broad SMARTS) is 1. The van der Waals surface area contributed by atoms with Gasteiger partial charge in [0.05, 0.1) is 5.02 Å². The van der Waals surface area contributed by atoms with Crippen LogP contribution in [0.15, 0.2) is 33.3 Å². The van der Waals surface area contributed by atoms with Crippen LogP contribution >= 0.6 is 27.5 Å². The van der Waals surface area contributed by atoms with Crippen molar-refractivity contribution < 1.29 is 19.2 Å². The van der Waals surface area contributed by atoms with Gasteiger partial charge in [-0.1, -0.05) is 16.8 Å². The summed E-state index contributed by atoms with van der Waals surface area (Å²) in [5, 5.41) is 15.1. The van der Waals surface area contributed by atoms with E-state index in [1.807, 2.05) is 0 Å². The predicted molar refractivity (Wildman–Crippen MR) is 70.6 cm³/mol. The summed E-state index contributed by atoms with van der Waals surface area (Å²) in [5.74, 6) is -2.27. The molecule has 1 amide bonds. The fourth-order valence-electron chi connectivity index (χ4n) is 1.25. The number of aromatic nitrogens is 1. The van der Waals surface area contributed by atoms with E-state index >= 15 is 0 Å². The average molecular weight is 346 g/mol. The summed E-state index contributed by atoms with van der Waals surface area (Å²) in [7, 11) is 0. The van der Waals surface area contributed by atoms with Crippen LogP contribution in [0, 0.1) is 0 Å². The third kappa shape index (κ3) is 3.12. The molecule has 0 spiro atoms. The molecule has 2 aromatic rings. The number of hydrogen-bond donors (Lipinski definition) is 2. The SMILES string of the molecule is O=C(Nc1ccc(Cl)c(Br)c1)c1cc(C(=O)O)on1. The number of nitrogens with one attached hydrogen (secondary N) is 1. The molecule has 0 fully saturated rings. The van der Waals surface area contributed by atoms with Crippen LogP contribution in [0.1, 0.15) is 21.0 Å². The fourth-order valence-corrected chi connectivity index (χ4v) is 1.75. The van der Waals surface area contributed by atoms with Crippen molar-refractivity contribution in [2.75, 3.05) is 5.32 Å². The summed E-state index contributed by atoms with van der Waals surface area (Å²) in [5.41, 5.74) is 0.365. The lowest BCUT2D eigenvalue weighted by atomic mass is 10.3. The molecule has 1 aromatic heterocycles. The number of aromatic carboxylic acids is 1. The van der Waals surface area contributed by atoms with E-state index in [1.165, 1.54) is 0 Å². The molecule has 0 aliphatic heterocycles. The van der Waals surface area contributed by atoms with Crippen LogP contribution in [0.4, 0.5) is 5.69 Å². The Balaban J connectivity index is 2.15. The lowest BCUT2D eigenvalue weighted by Gasteiger charge is -2.04. The van der Waals surface area contributed by atoms with Crippen molar-refractivity contribution in [1.82, 2.24) is 5.16 Å². The highest BCUT2D eigenvalue weighted by atomic mass is 79.9. The Labute approximate surface area is 120 Å². The molecule has 1 heterocycles. The average Bonchev–Trinajstić information content (AvgIpc) is 2.83. The van der Waals surface area contributed by atoms with Gasteiger partial charge in [0.25, 0.3) is 5.91 Å². The van der Waals surface area contributed by atoms with Crippen molar-refractivity contribution in [2.24, 2.45) is 0 Å². The maximum atomic E-state index is 11.8. The molecule has 2 rings (SSSR count). The normalized spacial score (nSPS) is 10.2. The number of carbonyl (C=O) groups excluding carboxylic acids is 1. The van der Waals surface area contributed by atoms with Crippen molar-refractivity contribution in [3.63, 3.8) is 0 Å². The quantitative estimate of drug-likeness (QED) is 0.892. The van der Waals surface area contributed by atoms with Gasteiger partial charge < -0.3 is 14.9 Å². The zero-order chi connectivity index (χ0) is 14.0. The van der Waals surface area contributed by atoms with Crippen molar-refractivity contribution in [3.05, 3.63) is 45.2 Å². The highest BCUT2D eigenvalue weighted by Gasteiger charge is 2.16. The Morgan fingerprint density at radius 1 is 1.37 bits per heavy atom. The van der Waals surface area contributed by atoms with Gasteiger partial charge in [0.15, 0.2) is 5.69 Å². The van der Waals surface area contributed by atoms with Gasteiger partial charge >= 0.3 is 5.97 Å². The number of anilines is 1. The standard InChI is InChI=1S/C11H6BrClN2O4/c12-6-3-5(1-2-7(6)13)14-10(16)8-4-9(11(17)18)19-15-8/h1-4H,(H,14,16)(H,17,18). The van der Waals surface area contributed by atoms with E-state index in [0.29, 0.717) is 15.2 Å². The largest absolute Gasteiger partial charge is 0.475 e. The summed E-state index contributed by atoms with van der Waals surface area (Å²) >= 11 is 9.04. The van der Waals surface area contributed by atoms with E-state index in [9.17, 15) is 9.59 Å². The van der Waals surface area contributed by atoms with Gasteiger partial charge in [0, 0.05) is 16.2 Å². The smallest absolute Gasteiger partial charge is 0.374 e. The van der Waals surface area contributed by atoms with Crippen LogP contribution in [0.25, 0.3) is 0 Å². The van der Waals surface area contributed by atoms with Gasteiger partial charge in [-0.25, -0.2) is 4.79 Å². The van der Waals surface area contributed by atoms with Gasteiger partial charge in [-0.3, -0.25) is 4.79 Å². The molecule has 0 bridgehead atoms. The Kier molecular flexibility index (Phi) is 3.87. The molecule has 8 heteroatoms. The maximum Gasteiger partial charge on any atom is 0.374 e. The second kappa shape index (κ2) is 5.41. The zero-order valence-electron chi connectivity index (χ0n) is 9.18. The number of hydrogen-bond acceptors (Lipinski definition) is 4. The molecular formula is C11H6BrClN2O4. The Hall–Kier alpha value is -1.86. The molecule has 6 nitrogen and oxygen atoms in total. The first-order valence-electron chi connectivity index (χ1n) is 4.94. The van der Waals surface area contributed by atoms with E-state index < -0.39 is 17.6 Å². The number of carbonyl (C=O) groups is 2. The molecule has 0 aliphatic rings. The van der Waals surface area contributed by atoms with E-state index in [0.717, 1.165) is 6.07 Å². The van der Waals surface area contributed by atoms with Crippen LogP contribution in [0.3, 0.4) is 0 Å². The molecule has 0 atom stereocenters. The van der Waals surface area contributed by atoms with Crippen LogP contribution in [0.5, 0.6) is 0 Å². The van der Waals surface area contributed by atoms with Gasteiger partial charge in [-0.05, 0) is 34.1 Å². The van der Waals surface area contributed by atoms with Crippen LogP contribution in [0.2, 0.25) is 5.02 Å². The summed E-state index contributed by atoms with van der Waals surface area (Å²) in [4.78, 5) is 22.4. The predicted octanol–water partition coefficient (Wildman–Crippen LogP) is 3.04. The number of benzene rings is 1. The molecule has 98 valence electrons. The van der Waals surface area contributed by atoms with E-state index in [4.69, 9.17) is 16.7 Å². The van der Waals surface area contributed by atoms with Crippen molar-refractivity contribution in [2.45, 2.75) is 0 Å². The third-order valence-corrected chi connectivity index (χ3v) is 3.34. The summed E-state index contributed by atoms with van der Waals surface area (Å²) in [6, 6.07) is 5.86. The summed E-state index contributed by atoms with van der Waals surface area (Å²) in [6.07, 6.45) is 0. The van der Waals surface area contributed by atoms with Gasteiger partial charge in [-0.15, -0.1) is 0 Å². The van der Waals surface area contributed by atoms with E-state index in [-0.39, 0.29) is 5.69 Å². The lowest BCUT2D eigenvalue weighted by molar-refractivity contribution is 0.0651. The minimum absolute atomic E-state index is 0.122. The van der Waals surface area contributed by atoms with Gasteiger partial charge in [0.1, 0.15) is 0 Å². The molecule has 0 saturated heterocycles. The van der Waals surface area contributed by atoms with E-state index in [2.05, 4.69) is 30.9 Å². The molecule has 0 radical (unpaired) electrons. The first kappa shape index (κ1) is 13.6. The van der Waals surface area contributed by atoms with Crippen molar-refractivity contribution >= 4 is 45.1 Å². The maximum absolute atomic E-state index is 11.8. The molecule has 0 aliphatic carbocycles. The Bertz CT molecular complexity index is 656. The molecule has 1 aromatic carbocycles. The minimum Gasteiger partial charge on any atom is -0.475 e. The third-order valence-electron chi connectivity index (χ3n) is 2.13. The number of rotatable bonds is 3. The molecule has 2 N–H and O–H groups in total. The topological polar surface area (TPSA) is 92.4 Å². The molecular weight excluding hydrogens is 339 g/mol. The number of nitrogens with zero attached hydrogens (tertiary/aromatic N) is 1. The zero-order valence-corrected chi connectivity index (χ0v) is 11.5. The first-order chi connectivity index (χ1) is 8.97. The minimum atomic E-state index is -1.29. The van der Waals surface area contributed by atoms with Gasteiger partial charge in [0.2, 0.25) is 5.76 Å². The summed E-state index contributed by atoms with van der Waals surface area (Å²) < 4.78 is 5.11. The highest BCUT2D eigenvalue weighted by Crippen LogP contribution is 2.25. The lowest BCUT2D eigenvalue weighted by Crippen LogP contribution is -2.12. The molecule has 19 heavy (non-hydrogen) atoms. The monoisotopic (exact) mass is 344 g/mol. The highest BCUT2D eigenvalue weighted by molar-refractivity contribution is 9.10. The first-order valence-corrected chi connectivity index (χ1v) is 6.11. The number of amides is 1. The van der Waals surface area contributed by atoms with Crippen LogP contribution in [-0.4, -0.2) is 22.1 Å². The van der Waals surface area contributed by atoms with E-state index in [1.54, 1.807) is 18.2 Å². The number of carboxylic acids is 1.